The monoisotopic (exact) mass is 258 g/mol. The van der Waals surface area contributed by atoms with Crippen molar-refractivity contribution in [2.24, 2.45) is 10.7 Å². The van der Waals surface area contributed by atoms with Crippen LogP contribution in [-0.4, -0.2) is 31.8 Å². The van der Waals surface area contributed by atoms with Crippen LogP contribution in [0.1, 0.15) is 0 Å². The van der Waals surface area contributed by atoms with E-state index in [0.29, 0.717) is 24.7 Å². The molecule has 16 heavy (non-hydrogen) atoms. The van der Waals surface area contributed by atoms with Crippen molar-refractivity contribution < 1.29 is 4.74 Å². The molecular formula is C11H15ClN2OS. The van der Waals surface area contributed by atoms with Crippen molar-refractivity contribution in [3.8, 4) is 0 Å². The fraction of sp³-hybridized carbons (Fsp3) is 0.364. The van der Waals surface area contributed by atoms with Gasteiger partial charge in [0, 0.05) is 17.0 Å². The number of benzene rings is 1. The average molecular weight is 259 g/mol. The van der Waals surface area contributed by atoms with Gasteiger partial charge < -0.3 is 10.5 Å². The Morgan fingerprint density at radius 1 is 1.44 bits per heavy atom. The minimum Gasteiger partial charge on any atom is -0.387 e. The predicted octanol–water partition coefficient (Wildman–Crippen LogP) is 2.44. The highest BCUT2D eigenvalue weighted by atomic mass is 35.5. The standard InChI is InChI=1S/C11H15ClN2OS/c1-15-7-6-14-11(13)8-16-10-4-2-9(12)3-5-10/h2-5H,6-8H2,1H3,(H2,13,14). The second-order valence-corrected chi connectivity index (χ2v) is 4.59. The molecule has 0 aromatic heterocycles. The molecule has 0 fully saturated rings. The molecule has 0 aliphatic heterocycles. The minimum atomic E-state index is 0.603. The molecule has 0 saturated heterocycles. The van der Waals surface area contributed by atoms with Crippen molar-refractivity contribution in [1.29, 1.82) is 0 Å². The number of amidine groups is 1. The second kappa shape index (κ2) is 7.54. The number of nitrogens with zero attached hydrogens (tertiary/aromatic N) is 1. The molecule has 0 bridgehead atoms. The van der Waals surface area contributed by atoms with Crippen LogP contribution in [-0.2, 0) is 4.74 Å². The molecule has 0 aliphatic rings. The number of ether oxygens (including phenoxy) is 1. The zero-order valence-electron chi connectivity index (χ0n) is 9.15. The molecule has 1 aromatic rings. The van der Waals surface area contributed by atoms with Gasteiger partial charge in [-0.1, -0.05) is 11.6 Å². The van der Waals surface area contributed by atoms with Gasteiger partial charge in [-0.15, -0.1) is 11.8 Å². The Morgan fingerprint density at radius 3 is 2.75 bits per heavy atom. The van der Waals surface area contributed by atoms with Crippen LogP contribution < -0.4 is 5.73 Å². The molecule has 0 spiro atoms. The summed E-state index contributed by atoms with van der Waals surface area (Å²) < 4.78 is 4.88. The van der Waals surface area contributed by atoms with Crippen LogP contribution in [0.5, 0.6) is 0 Å². The van der Waals surface area contributed by atoms with E-state index in [1.54, 1.807) is 18.9 Å². The minimum absolute atomic E-state index is 0.603. The Labute approximate surface area is 105 Å². The molecule has 1 rings (SSSR count). The zero-order valence-corrected chi connectivity index (χ0v) is 10.7. The topological polar surface area (TPSA) is 47.6 Å². The summed E-state index contributed by atoms with van der Waals surface area (Å²) in [6.45, 7) is 1.22. The SMILES string of the molecule is COCCN=C(N)CSc1ccc(Cl)cc1. The van der Waals surface area contributed by atoms with E-state index in [1.165, 1.54) is 0 Å². The highest BCUT2D eigenvalue weighted by Gasteiger charge is 1.96. The van der Waals surface area contributed by atoms with Gasteiger partial charge in [-0.2, -0.15) is 0 Å². The molecule has 0 unspecified atom stereocenters. The molecule has 3 nitrogen and oxygen atoms in total. The summed E-state index contributed by atoms with van der Waals surface area (Å²) in [6.07, 6.45) is 0. The van der Waals surface area contributed by atoms with Crippen molar-refractivity contribution in [3.63, 3.8) is 0 Å². The predicted molar refractivity (Wildman–Crippen MR) is 70.5 cm³/mol. The molecule has 2 N–H and O–H groups in total. The first-order chi connectivity index (χ1) is 7.72. The highest BCUT2D eigenvalue weighted by Crippen LogP contribution is 2.19. The first-order valence-corrected chi connectivity index (χ1v) is 6.25. The lowest BCUT2D eigenvalue weighted by Gasteiger charge is -2.02. The van der Waals surface area contributed by atoms with E-state index < -0.39 is 0 Å². The van der Waals surface area contributed by atoms with Gasteiger partial charge in [-0.05, 0) is 24.3 Å². The van der Waals surface area contributed by atoms with Gasteiger partial charge in [-0.25, -0.2) is 0 Å². The third kappa shape index (κ3) is 5.39. The number of halogens is 1. The van der Waals surface area contributed by atoms with E-state index in [1.807, 2.05) is 24.3 Å². The van der Waals surface area contributed by atoms with Crippen molar-refractivity contribution in [3.05, 3.63) is 29.3 Å². The van der Waals surface area contributed by atoms with Crippen LogP contribution >= 0.6 is 23.4 Å². The Morgan fingerprint density at radius 2 is 2.12 bits per heavy atom. The summed E-state index contributed by atoms with van der Waals surface area (Å²) in [5.41, 5.74) is 5.74. The van der Waals surface area contributed by atoms with E-state index in [-0.39, 0.29) is 0 Å². The molecule has 0 atom stereocenters. The van der Waals surface area contributed by atoms with Gasteiger partial charge >= 0.3 is 0 Å². The highest BCUT2D eigenvalue weighted by molar-refractivity contribution is 8.00. The smallest absolute Gasteiger partial charge is 0.104 e. The maximum absolute atomic E-state index is 5.79. The summed E-state index contributed by atoms with van der Waals surface area (Å²) in [4.78, 5) is 5.30. The van der Waals surface area contributed by atoms with E-state index in [9.17, 15) is 0 Å². The molecule has 1 aromatic carbocycles. The summed E-state index contributed by atoms with van der Waals surface area (Å²) in [6, 6.07) is 7.66. The lowest BCUT2D eigenvalue weighted by Crippen LogP contribution is -2.16. The number of hydrogen-bond donors (Lipinski definition) is 1. The van der Waals surface area contributed by atoms with Gasteiger partial charge in [0.25, 0.3) is 0 Å². The molecule has 0 amide bonds. The molecule has 0 aliphatic carbocycles. The van der Waals surface area contributed by atoms with Crippen LogP contribution in [0.3, 0.4) is 0 Å². The Bertz CT molecular complexity index is 340. The van der Waals surface area contributed by atoms with Crippen LogP contribution in [0.25, 0.3) is 0 Å². The number of nitrogens with two attached hydrogens (primary N) is 1. The number of thioether (sulfide) groups is 1. The van der Waals surface area contributed by atoms with E-state index in [4.69, 9.17) is 22.1 Å². The molecule has 88 valence electrons. The second-order valence-electron chi connectivity index (χ2n) is 3.11. The molecular weight excluding hydrogens is 244 g/mol. The summed E-state index contributed by atoms with van der Waals surface area (Å²) in [5.74, 6) is 1.32. The Hall–Kier alpha value is -0.710. The first kappa shape index (κ1) is 13.4. The maximum atomic E-state index is 5.79. The zero-order chi connectivity index (χ0) is 11.8. The quantitative estimate of drug-likeness (QED) is 0.369. The number of methoxy groups -OCH3 is 1. The van der Waals surface area contributed by atoms with E-state index in [0.717, 1.165) is 9.92 Å². The summed E-state index contributed by atoms with van der Waals surface area (Å²) in [5, 5.41) is 0.742. The summed E-state index contributed by atoms with van der Waals surface area (Å²) >= 11 is 7.43. The summed E-state index contributed by atoms with van der Waals surface area (Å²) in [7, 11) is 1.65. The average Bonchev–Trinajstić information content (AvgIpc) is 2.29. The van der Waals surface area contributed by atoms with Crippen molar-refractivity contribution in [2.75, 3.05) is 26.0 Å². The van der Waals surface area contributed by atoms with Gasteiger partial charge in [0.15, 0.2) is 0 Å². The van der Waals surface area contributed by atoms with E-state index in [2.05, 4.69) is 4.99 Å². The first-order valence-electron chi connectivity index (χ1n) is 4.88. The maximum Gasteiger partial charge on any atom is 0.104 e. The largest absolute Gasteiger partial charge is 0.387 e. The van der Waals surface area contributed by atoms with Crippen molar-refractivity contribution >= 4 is 29.2 Å². The number of rotatable bonds is 6. The molecule has 0 heterocycles. The van der Waals surface area contributed by atoms with Gasteiger partial charge in [0.2, 0.25) is 0 Å². The normalized spacial score (nSPS) is 11.8. The Balaban J connectivity index is 2.33. The number of hydrogen-bond acceptors (Lipinski definition) is 3. The van der Waals surface area contributed by atoms with Gasteiger partial charge in [0.1, 0.15) is 5.84 Å². The fourth-order valence-electron chi connectivity index (χ4n) is 1.01. The van der Waals surface area contributed by atoms with E-state index >= 15 is 0 Å². The van der Waals surface area contributed by atoms with Crippen molar-refractivity contribution in [1.82, 2.24) is 0 Å². The van der Waals surface area contributed by atoms with Crippen LogP contribution in [0.2, 0.25) is 5.02 Å². The third-order valence-electron chi connectivity index (χ3n) is 1.81. The van der Waals surface area contributed by atoms with Crippen LogP contribution in [0, 0.1) is 0 Å². The van der Waals surface area contributed by atoms with Crippen LogP contribution in [0.15, 0.2) is 34.2 Å². The Kier molecular flexibility index (Phi) is 6.30. The van der Waals surface area contributed by atoms with Crippen molar-refractivity contribution in [2.45, 2.75) is 4.90 Å². The lowest BCUT2D eigenvalue weighted by atomic mass is 10.4. The molecule has 0 saturated carbocycles. The molecule has 0 radical (unpaired) electrons. The molecule has 5 heteroatoms. The number of aliphatic imine (C=N–C) groups is 1. The van der Waals surface area contributed by atoms with Gasteiger partial charge in [0.05, 0.1) is 18.9 Å². The lowest BCUT2D eigenvalue weighted by molar-refractivity contribution is 0.208. The fourth-order valence-corrected chi connectivity index (χ4v) is 1.87. The third-order valence-corrected chi connectivity index (χ3v) is 3.11. The van der Waals surface area contributed by atoms with Crippen LogP contribution in [0.4, 0.5) is 0 Å². The van der Waals surface area contributed by atoms with Gasteiger partial charge in [-0.3, -0.25) is 4.99 Å².